The average Bonchev–Trinajstić information content (AvgIpc) is 3.53. The van der Waals surface area contributed by atoms with Gasteiger partial charge >= 0.3 is 0 Å². The van der Waals surface area contributed by atoms with Crippen molar-refractivity contribution in [3.8, 4) is 22.9 Å². The summed E-state index contributed by atoms with van der Waals surface area (Å²) in [6.07, 6.45) is 6.39. The molecule has 5 rings (SSSR count). The second-order valence-electron chi connectivity index (χ2n) is 8.06. The lowest BCUT2D eigenvalue weighted by Crippen LogP contribution is -2.20. The molecule has 0 bridgehead atoms. The minimum absolute atomic E-state index is 0.702. The maximum Gasteiger partial charge on any atom is 0.124 e. The van der Waals surface area contributed by atoms with E-state index in [0.717, 1.165) is 51.8 Å². The molecule has 2 aromatic heterocycles. The van der Waals surface area contributed by atoms with Crippen molar-refractivity contribution < 1.29 is 9.47 Å². The lowest BCUT2D eigenvalue weighted by atomic mass is 10.1. The Balaban J connectivity index is 1.59. The Kier molecular flexibility index (Phi) is 4.98. The molecule has 31 heavy (non-hydrogen) atoms. The minimum atomic E-state index is 0.702. The zero-order chi connectivity index (χ0) is 21.4. The number of rotatable bonds is 7. The fraction of sp³-hybridized carbons (Fsp3) is 0.280. The Morgan fingerprint density at radius 2 is 1.74 bits per heavy atom. The largest absolute Gasteiger partial charge is 0.497 e. The van der Waals surface area contributed by atoms with Gasteiger partial charge in [-0.15, -0.1) is 0 Å². The standard InChI is InChI=1S/C25H26N4O2/c1-28-10-4-5-25(28)24-15-26-22-9-8-18(13-23(22)27-24)29(16-17-6-7-17)19-11-20(30-2)14-21(12-19)31-3/h4-5,8-15,17H,6-7,16H2,1-3H3. The molecule has 0 aliphatic heterocycles. The predicted molar refractivity (Wildman–Crippen MR) is 123 cm³/mol. The maximum atomic E-state index is 5.51. The van der Waals surface area contributed by atoms with Crippen molar-refractivity contribution in [1.82, 2.24) is 14.5 Å². The number of fused-ring (bicyclic) bond motifs is 1. The summed E-state index contributed by atoms with van der Waals surface area (Å²) in [5.41, 5.74) is 5.83. The Morgan fingerprint density at radius 1 is 0.968 bits per heavy atom. The molecule has 0 radical (unpaired) electrons. The van der Waals surface area contributed by atoms with Gasteiger partial charge in [-0.25, -0.2) is 4.98 Å². The van der Waals surface area contributed by atoms with Crippen molar-refractivity contribution in [2.75, 3.05) is 25.7 Å². The first-order valence-corrected chi connectivity index (χ1v) is 10.5. The number of nitrogens with zero attached hydrogens (tertiary/aromatic N) is 4. The van der Waals surface area contributed by atoms with E-state index in [4.69, 9.17) is 14.5 Å². The lowest BCUT2D eigenvalue weighted by Gasteiger charge is -2.26. The second-order valence-corrected chi connectivity index (χ2v) is 8.06. The highest BCUT2D eigenvalue weighted by molar-refractivity contribution is 5.82. The van der Waals surface area contributed by atoms with Crippen LogP contribution >= 0.6 is 0 Å². The van der Waals surface area contributed by atoms with Crippen molar-refractivity contribution in [1.29, 1.82) is 0 Å². The highest BCUT2D eigenvalue weighted by atomic mass is 16.5. The molecule has 1 fully saturated rings. The summed E-state index contributed by atoms with van der Waals surface area (Å²) in [6, 6.07) is 16.4. The van der Waals surface area contributed by atoms with Gasteiger partial charge < -0.3 is 18.9 Å². The van der Waals surface area contributed by atoms with Crippen molar-refractivity contribution in [2.45, 2.75) is 12.8 Å². The highest BCUT2D eigenvalue weighted by Crippen LogP contribution is 2.38. The molecule has 0 amide bonds. The third-order valence-corrected chi connectivity index (χ3v) is 5.83. The first kappa shape index (κ1) is 19.4. The van der Waals surface area contributed by atoms with E-state index in [2.05, 4.69) is 44.8 Å². The fourth-order valence-electron chi connectivity index (χ4n) is 3.89. The maximum absolute atomic E-state index is 5.51. The predicted octanol–water partition coefficient (Wildman–Crippen LogP) is 5.20. The van der Waals surface area contributed by atoms with Gasteiger partial charge in [-0.1, -0.05) is 0 Å². The van der Waals surface area contributed by atoms with Crippen LogP contribution in [0.3, 0.4) is 0 Å². The molecule has 1 aliphatic rings. The van der Waals surface area contributed by atoms with Gasteiger partial charge in [0.2, 0.25) is 0 Å². The van der Waals surface area contributed by atoms with Crippen molar-refractivity contribution >= 4 is 22.4 Å². The Bertz CT molecular complexity index is 1210. The second kappa shape index (κ2) is 7.95. The summed E-state index contributed by atoms with van der Waals surface area (Å²) in [5, 5.41) is 0. The van der Waals surface area contributed by atoms with Crippen LogP contribution in [0.25, 0.3) is 22.4 Å². The summed E-state index contributed by atoms with van der Waals surface area (Å²) in [4.78, 5) is 11.9. The van der Waals surface area contributed by atoms with Crippen LogP contribution in [0.15, 0.2) is 60.9 Å². The summed E-state index contributed by atoms with van der Waals surface area (Å²) in [7, 11) is 5.38. The van der Waals surface area contributed by atoms with Crippen LogP contribution in [-0.2, 0) is 7.05 Å². The molecular formula is C25H26N4O2. The molecule has 6 heteroatoms. The Morgan fingerprint density at radius 3 is 2.39 bits per heavy atom. The fourth-order valence-corrected chi connectivity index (χ4v) is 3.89. The minimum Gasteiger partial charge on any atom is -0.497 e. The molecule has 0 spiro atoms. The lowest BCUT2D eigenvalue weighted by molar-refractivity contribution is 0.394. The third-order valence-electron chi connectivity index (χ3n) is 5.83. The quantitative estimate of drug-likeness (QED) is 0.416. The van der Waals surface area contributed by atoms with Crippen LogP contribution in [0.4, 0.5) is 11.4 Å². The van der Waals surface area contributed by atoms with Gasteiger partial charge in [0.25, 0.3) is 0 Å². The third kappa shape index (κ3) is 3.93. The van der Waals surface area contributed by atoms with Crippen LogP contribution in [0, 0.1) is 5.92 Å². The topological polar surface area (TPSA) is 52.4 Å². The highest BCUT2D eigenvalue weighted by Gasteiger charge is 2.26. The number of aryl methyl sites for hydroxylation is 1. The molecular weight excluding hydrogens is 388 g/mol. The molecule has 6 nitrogen and oxygen atoms in total. The number of anilines is 2. The Labute approximate surface area is 182 Å². The summed E-state index contributed by atoms with van der Waals surface area (Å²) >= 11 is 0. The van der Waals surface area contributed by atoms with Crippen LogP contribution in [0.5, 0.6) is 11.5 Å². The van der Waals surface area contributed by atoms with Crippen LogP contribution in [0.1, 0.15) is 12.8 Å². The van der Waals surface area contributed by atoms with E-state index in [9.17, 15) is 0 Å². The molecule has 1 saturated carbocycles. The van der Waals surface area contributed by atoms with Gasteiger partial charge in [-0.3, -0.25) is 4.98 Å². The van der Waals surface area contributed by atoms with Gasteiger partial charge in [-0.05, 0) is 49.1 Å². The molecule has 4 aromatic rings. The molecule has 158 valence electrons. The van der Waals surface area contributed by atoms with Crippen molar-refractivity contribution in [3.63, 3.8) is 0 Å². The molecule has 0 N–H and O–H groups in total. The smallest absolute Gasteiger partial charge is 0.124 e. The molecule has 2 heterocycles. The number of hydrogen-bond donors (Lipinski definition) is 0. The van der Waals surface area contributed by atoms with Crippen molar-refractivity contribution in [3.05, 3.63) is 60.9 Å². The first-order valence-electron chi connectivity index (χ1n) is 10.5. The van der Waals surface area contributed by atoms with Gasteiger partial charge in [0.1, 0.15) is 17.2 Å². The summed E-state index contributed by atoms with van der Waals surface area (Å²) < 4.78 is 13.1. The first-order chi connectivity index (χ1) is 15.1. The molecule has 1 aliphatic carbocycles. The van der Waals surface area contributed by atoms with Gasteiger partial charge in [0.05, 0.1) is 37.1 Å². The molecule has 0 saturated heterocycles. The summed E-state index contributed by atoms with van der Waals surface area (Å²) in [5.74, 6) is 2.26. The van der Waals surface area contributed by atoms with Gasteiger partial charge in [0.15, 0.2) is 0 Å². The number of aromatic nitrogens is 3. The van der Waals surface area contributed by atoms with Crippen molar-refractivity contribution in [2.24, 2.45) is 13.0 Å². The van der Waals surface area contributed by atoms with E-state index in [-0.39, 0.29) is 0 Å². The molecule has 0 unspecified atom stereocenters. The van der Waals surface area contributed by atoms with E-state index in [0.29, 0.717) is 5.92 Å². The SMILES string of the molecule is COc1cc(OC)cc(N(CC2CC2)c2ccc3ncc(-c4cccn4C)nc3c2)c1. The van der Waals surface area contributed by atoms with E-state index >= 15 is 0 Å². The van der Waals surface area contributed by atoms with E-state index in [1.165, 1.54) is 12.8 Å². The Hall–Kier alpha value is -3.54. The van der Waals surface area contributed by atoms with Crippen LogP contribution in [-0.4, -0.2) is 35.3 Å². The zero-order valence-corrected chi connectivity index (χ0v) is 18.1. The number of benzene rings is 2. The monoisotopic (exact) mass is 414 g/mol. The number of methoxy groups -OCH3 is 2. The zero-order valence-electron chi connectivity index (χ0n) is 18.1. The normalized spacial score (nSPS) is 13.4. The van der Waals surface area contributed by atoms with Crippen LogP contribution < -0.4 is 14.4 Å². The van der Waals surface area contributed by atoms with E-state index in [1.807, 2.05) is 37.6 Å². The van der Waals surface area contributed by atoms with E-state index in [1.54, 1.807) is 14.2 Å². The summed E-state index contributed by atoms with van der Waals surface area (Å²) in [6.45, 7) is 0.951. The number of hydrogen-bond acceptors (Lipinski definition) is 5. The molecule has 0 atom stereocenters. The average molecular weight is 415 g/mol. The van der Waals surface area contributed by atoms with Gasteiger partial charge in [-0.2, -0.15) is 0 Å². The van der Waals surface area contributed by atoms with E-state index < -0.39 is 0 Å². The van der Waals surface area contributed by atoms with Crippen LogP contribution in [0.2, 0.25) is 0 Å². The number of ether oxygens (including phenoxy) is 2. The van der Waals surface area contributed by atoms with Gasteiger partial charge in [0, 0.05) is 49.4 Å². The molecule has 2 aromatic carbocycles.